The first-order valence-corrected chi connectivity index (χ1v) is 9.59. The molecule has 3 rings (SSSR count). The molecule has 0 bridgehead atoms. The Hall–Kier alpha value is -3.28. The molecule has 0 aliphatic carbocycles. The third-order valence-corrected chi connectivity index (χ3v) is 5.16. The molecule has 2 aliphatic rings. The molecule has 0 atom stereocenters. The van der Waals surface area contributed by atoms with Gasteiger partial charge in [0.1, 0.15) is 5.75 Å². The molecule has 0 aromatic heterocycles. The highest BCUT2D eigenvalue weighted by Crippen LogP contribution is 2.29. The van der Waals surface area contributed by atoms with Gasteiger partial charge in [0.25, 0.3) is 0 Å². The maximum atomic E-state index is 12.8. The van der Waals surface area contributed by atoms with Gasteiger partial charge in [0.15, 0.2) is 0 Å². The molecule has 0 spiro atoms. The van der Waals surface area contributed by atoms with Crippen molar-refractivity contribution >= 4 is 12.0 Å². The number of carbonyl (C=O) groups is 2. The Bertz CT molecular complexity index is 907. The van der Waals surface area contributed by atoms with Crippen LogP contribution in [0.1, 0.15) is 26.3 Å². The van der Waals surface area contributed by atoms with Gasteiger partial charge in [0, 0.05) is 31.1 Å². The fourth-order valence-electron chi connectivity index (χ4n) is 3.34. The highest BCUT2D eigenvalue weighted by atomic mass is 16.6. The molecule has 0 fully saturated rings. The molecule has 29 heavy (non-hydrogen) atoms. The Morgan fingerprint density at radius 3 is 2.31 bits per heavy atom. The van der Waals surface area contributed by atoms with Gasteiger partial charge in [-0.3, -0.25) is 9.69 Å². The van der Waals surface area contributed by atoms with Crippen LogP contribution >= 0.6 is 0 Å². The van der Waals surface area contributed by atoms with Crippen LogP contribution in [0.15, 0.2) is 71.1 Å². The van der Waals surface area contributed by atoms with E-state index in [0.717, 1.165) is 33.6 Å². The van der Waals surface area contributed by atoms with Crippen LogP contribution < -0.4 is 4.74 Å². The van der Waals surface area contributed by atoms with E-state index in [1.54, 1.807) is 26.4 Å². The van der Waals surface area contributed by atoms with Crippen LogP contribution in [0, 0.1) is 0 Å². The van der Waals surface area contributed by atoms with Crippen LogP contribution in [0.2, 0.25) is 0 Å². The van der Waals surface area contributed by atoms with Gasteiger partial charge in [-0.25, -0.2) is 4.79 Å². The molecule has 0 unspecified atom stereocenters. The minimum absolute atomic E-state index is 0.0413. The van der Waals surface area contributed by atoms with Crippen molar-refractivity contribution in [2.24, 2.45) is 0 Å². The zero-order chi connectivity index (χ0) is 21.0. The maximum Gasteiger partial charge on any atom is 0.417 e. The number of allylic oxidation sites excluding steroid dienone is 3. The largest absolute Gasteiger partial charge is 0.497 e. The lowest BCUT2D eigenvalue weighted by atomic mass is 9.91. The molecule has 0 radical (unpaired) electrons. The first kappa shape index (κ1) is 20.5. The number of amides is 2. The molecule has 152 valence electrons. The zero-order valence-corrected chi connectivity index (χ0v) is 17.3. The number of methoxy groups -OCH3 is 1. The Kier molecular flexibility index (Phi) is 6.22. The van der Waals surface area contributed by atoms with Gasteiger partial charge in [-0.05, 0) is 67.3 Å². The summed E-state index contributed by atoms with van der Waals surface area (Å²) in [7, 11) is 1.63. The Balaban J connectivity index is 1.83. The second-order valence-electron chi connectivity index (χ2n) is 6.93. The number of carbonyl (C=O) groups excluding carboxylic acids is 2. The minimum atomic E-state index is -0.410. The smallest absolute Gasteiger partial charge is 0.417 e. The fraction of sp³-hybridized carbons (Fsp3) is 0.304. The summed E-state index contributed by atoms with van der Waals surface area (Å²) in [4.78, 5) is 27.9. The standard InChI is InChI=1S/C23H26N2O4/c1-5-29-23(27)24-12-10-19(11-13-24)21-15-25(22(26)17(3)16(21)2)14-18-6-8-20(28-4)9-7-18/h6-13H,5,14-15H2,1-4H3. The Morgan fingerprint density at radius 2 is 1.72 bits per heavy atom. The third kappa shape index (κ3) is 4.42. The normalized spacial score (nSPS) is 16.6. The van der Waals surface area contributed by atoms with Crippen LogP contribution in [0.25, 0.3) is 0 Å². The lowest BCUT2D eigenvalue weighted by Crippen LogP contribution is -2.37. The van der Waals surface area contributed by atoms with Crippen LogP contribution in [-0.4, -0.2) is 42.1 Å². The van der Waals surface area contributed by atoms with Gasteiger partial charge < -0.3 is 14.4 Å². The topological polar surface area (TPSA) is 59.1 Å². The van der Waals surface area contributed by atoms with E-state index in [-0.39, 0.29) is 5.91 Å². The van der Waals surface area contributed by atoms with E-state index in [4.69, 9.17) is 9.47 Å². The van der Waals surface area contributed by atoms with E-state index in [9.17, 15) is 9.59 Å². The molecule has 1 aromatic carbocycles. The first-order valence-electron chi connectivity index (χ1n) is 9.59. The van der Waals surface area contributed by atoms with Gasteiger partial charge in [-0.2, -0.15) is 0 Å². The van der Waals surface area contributed by atoms with Crippen molar-refractivity contribution in [1.82, 2.24) is 9.80 Å². The van der Waals surface area contributed by atoms with Crippen LogP contribution in [0.3, 0.4) is 0 Å². The quantitative estimate of drug-likeness (QED) is 0.769. The average Bonchev–Trinajstić information content (AvgIpc) is 2.75. The molecule has 0 saturated heterocycles. The summed E-state index contributed by atoms with van der Waals surface area (Å²) in [6.45, 7) is 6.97. The van der Waals surface area contributed by atoms with Crippen molar-refractivity contribution in [2.45, 2.75) is 27.3 Å². The van der Waals surface area contributed by atoms with E-state index in [0.29, 0.717) is 19.7 Å². The molecule has 6 heteroatoms. The van der Waals surface area contributed by atoms with E-state index in [1.807, 2.05) is 55.2 Å². The average molecular weight is 394 g/mol. The summed E-state index contributed by atoms with van der Waals surface area (Å²) >= 11 is 0. The first-order chi connectivity index (χ1) is 13.9. The SMILES string of the molecule is CCOC(=O)N1C=CC(=C2CN(Cc3ccc(OC)cc3)C(=O)C(C)=C2C)C=C1. The van der Waals surface area contributed by atoms with Crippen molar-refractivity contribution in [3.8, 4) is 5.75 Å². The van der Waals surface area contributed by atoms with Crippen molar-refractivity contribution in [3.05, 3.63) is 76.7 Å². The number of rotatable bonds is 4. The number of nitrogens with zero attached hydrogens (tertiary/aromatic N) is 2. The van der Waals surface area contributed by atoms with Crippen LogP contribution in [0.5, 0.6) is 5.75 Å². The second kappa shape index (κ2) is 8.82. The van der Waals surface area contributed by atoms with Crippen LogP contribution in [0.4, 0.5) is 4.79 Å². The molecular weight excluding hydrogens is 368 g/mol. The number of ether oxygens (including phenoxy) is 2. The zero-order valence-electron chi connectivity index (χ0n) is 17.3. The van der Waals surface area contributed by atoms with Crippen LogP contribution in [-0.2, 0) is 16.1 Å². The number of hydrogen-bond donors (Lipinski definition) is 0. The molecule has 0 saturated carbocycles. The number of hydrogen-bond acceptors (Lipinski definition) is 4. The molecule has 6 nitrogen and oxygen atoms in total. The fourth-order valence-corrected chi connectivity index (χ4v) is 3.34. The molecule has 2 heterocycles. The molecular formula is C23H26N2O4. The van der Waals surface area contributed by atoms with Crippen molar-refractivity contribution in [1.29, 1.82) is 0 Å². The highest BCUT2D eigenvalue weighted by Gasteiger charge is 2.27. The van der Waals surface area contributed by atoms with E-state index < -0.39 is 6.09 Å². The van der Waals surface area contributed by atoms with Crippen molar-refractivity contribution in [2.75, 3.05) is 20.3 Å². The predicted molar refractivity (Wildman–Crippen MR) is 111 cm³/mol. The highest BCUT2D eigenvalue weighted by molar-refractivity contribution is 5.96. The molecule has 0 N–H and O–H groups in total. The van der Waals surface area contributed by atoms with Gasteiger partial charge in [-0.1, -0.05) is 12.1 Å². The monoisotopic (exact) mass is 394 g/mol. The van der Waals surface area contributed by atoms with Gasteiger partial charge in [0.2, 0.25) is 5.91 Å². The number of benzene rings is 1. The second-order valence-corrected chi connectivity index (χ2v) is 6.93. The summed E-state index contributed by atoms with van der Waals surface area (Å²) < 4.78 is 10.2. The van der Waals surface area contributed by atoms with E-state index >= 15 is 0 Å². The summed E-state index contributed by atoms with van der Waals surface area (Å²) in [5.74, 6) is 0.830. The predicted octanol–water partition coefficient (Wildman–Crippen LogP) is 4.17. The molecule has 2 amide bonds. The van der Waals surface area contributed by atoms with Gasteiger partial charge >= 0.3 is 6.09 Å². The summed E-state index contributed by atoms with van der Waals surface area (Å²) in [6.07, 6.45) is 6.72. The van der Waals surface area contributed by atoms with Crippen molar-refractivity contribution in [3.63, 3.8) is 0 Å². The molecule has 2 aliphatic heterocycles. The minimum Gasteiger partial charge on any atom is -0.497 e. The third-order valence-electron chi connectivity index (χ3n) is 5.16. The molecule has 1 aromatic rings. The maximum absolute atomic E-state index is 12.8. The Labute approximate surface area is 171 Å². The van der Waals surface area contributed by atoms with E-state index in [2.05, 4.69) is 0 Å². The summed E-state index contributed by atoms with van der Waals surface area (Å²) in [5, 5.41) is 0. The van der Waals surface area contributed by atoms with Gasteiger partial charge in [0.05, 0.1) is 13.7 Å². The Morgan fingerprint density at radius 1 is 1.07 bits per heavy atom. The summed E-state index contributed by atoms with van der Waals surface area (Å²) in [5.41, 5.74) is 4.82. The van der Waals surface area contributed by atoms with E-state index in [1.165, 1.54) is 4.90 Å². The van der Waals surface area contributed by atoms with Crippen molar-refractivity contribution < 1.29 is 19.1 Å². The lowest BCUT2D eigenvalue weighted by molar-refractivity contribution is -0.127. The van der Waals surface area contributed by atoms with Gasteiger partial charge in [-0.15, -0.1) is 0 Å². The summed E-state index contributed by atoms with van der Waals surface area (Å²) in [6, 6.07) is 7.73. The lowest BCUT2D eigenvalue weighted by Gasteiger charge is -2.32.